The lowest BCUT2D eigenvalue weighted by Crippen LogP contribution is -2.67. The number of fused-ring (bicyclic) bond motifs is 1. The van der Waals surface area contributed by atoms with Crippen molar-refractivity contribution in [3.8, 4) is 0 Å². The van der Waals surface area contributed by atoms with Gasteiger partial charge in [0.1, 0.15) is 6.10 Å². The molecule has 2 unspecified atom stereocenters. The highest BCUT2D eigenvalue weighted by Gasteiger charge is 2.64. The summed E-state index contributed by atoms with van der Waals surface area (Å²) in [5, 5.41) is 10.2. The van der Waals surface area contributed by atoms with Crippen LogP contribution in [0.1, 0.15) is 74.7 Å². The van der Waals surface area contributed by atoms with E-state index in [9.17, 15) is 14.7 Å². The van der Waals surface area contributed by atoms with Crippen LogP contribution in [-0.4, -0.2) is 64.7 Å². The lowest BCUT2D eigenvalue weighted by atomic mass is 9.51. The Morgan fingerprint density at radius 2 is 1.59 bits per heavy atom. The summed E-state index contributed by atoms with van der Waals surface area (Å²) in [5.41, 5.74) is -0.818. The van der Waals surface area contributed by atoms with Crippen molar-refractivity contribution in [1.29, 1.82) is 0 Å². The van der Waals surface area contributed by atoms with E-state index in [0.717, 1.165) is 6.42 Å². The van der Waals surface area contributed by atoms with Gasteiger partial charge in [0, 0.05) is 5.92 Å². The maximum absolute atomic E-state index is 14.1. The first kappa shape index (κ1) is 34.4. The molecule has 0 aromatic carbocycles. The van der Waals surface area contributed by atoms with E-state index < -0.39 is 34.4 Å². The first-order chi connectivity index (χ1) is 18.7. The van der Waals surface area contributed by atoms with Crippen LogP contribution >= 0.6 is 0 Å². The Hall–Kier alpha value is -1.11. The van der Waals surface area contributed by atoms with Crippen LogP contribution in [0.3, 0.4) is 0 Å². The third-order valence-electron chi connectivity index (χ3n) is 10.8. The fourth-order valence-corrected chi connectivity index (χ4v) is 9.01. The zero-order valence-corrected chi connectivity index (χ0v) is 29.6. The van der Waals surface area contributed by atoms with Crippen LogP contribution in [0.5, 0.6) is 0 Å². The number of allylic oxidation sites excluding steroid dienone is 2. The summed E-state index contributed by atoms with van der Waals surface area (Å²) in [4.78, 5) is 27.2. The molecule has 0 radical (unpaired) electrons. The second-order valence-electron chi connectivity index (χ2n) is 15.4. The van der Waals surface area contributed by atoms with E-state index in [2.05, 4.69) is 86.8 Å². The molecule has 234 valence electrons. The number of hydrogen-bond acceptors (Lipinski definition) is 7. The molecule has 2 aliphatic carbocycles. The number of aliphatic hydroxyl groups excluding tert-OH is 1. The Kier molecular flexibility index (Phi) is 10.2. The molecule has 3 rings (SSSR count). The molecule has 0 amide bonds. The fourth-order valence-electron chi connectivity index (χ4n) is 6.30. The average molecular weight is 609 g/mol. The van der Waals surface area contributed by atoms with Gasteiger partial charge in [0.15, 0.2) is 28.7 Å². The Balaban J connectivity index is 2.26. The Morgan fingerprint density at radius 1 is 1.02 bits per heavy atom. The maximum atomic E-state index is 14.1. The fraction of sp³-hybridized carbons (Fsp3) is 0.812. The number of carbonyl (C=O) groups excluding carboxylic acids is 2. The number of esters is 1. The van der Waals surface area contributed by atoms with Crippen molar-refractivity contribution in [1.82, 2.24) is 0 Å². The van der Waals surface area contributed by atoms with Gasteiger partial charge < -0.3 is 23.4 Å². The van der Waals surface area contributed by atoms with Crippen LogP contribution in [0.15, 0.2) is 24.3 Å². The Morgan fingerprint density at radius 3 is 2.12 bits per heavy atom. The van der Waals surface area contributed by atoms with Gasteiger partial charge in [-0.1, -0.05) is 60.6 Å². The van der Waals surface area contributed by atoms with E-state index in [1.54, 1.807) is 0 Å². The lowest BCUT2D eigenvalue weighted by molar-refractivity contribution is -0.195. The first-order valence-electron chi connectivity index (χ1n) is 15.4. The van der Waals surface area contributed by atoms with Crippen molar-refractivity contribution >= 4 is 28.4 Å². The molecular formula is C32H56O7Si2. The molecule has 41 heavy (non-hydrogen) atoms. The highest BCUT2D eigenvalue weighted by atomic mass is 28.4. The summed E-state index contributed by atoms with van der Waals surface area (Å²) >= 11 is 0. The zero-order valence-electron chi connectivity index (χ0n) is 27.6. The molecule has 9 heteroatoms. The molecule has 1 aliphatic heterocycles. The minimum atomic E-state index is -2.34. The molecule has 1 saturated carbocycles. The molecule has 1 N–H and O–H groups in total. The predicted octanol–water partition coefficient (Wildman–Crippen LogP) is 6.78. The van der Waals surface area contributed by atoms with Crippen LogP contribution in [-0.2, 0) is 27.9 Å². The first-order valence-corrected chi connectivity index (χ1v) is 21.3. The quantitative estimate of drug-likeness (QED) is 0.184. The van der Waals surface area contributed by atoms with Gasteiger partial charge in [-0.25, -0.2) is 0 Å². The van der Waals surface area contributed by atoms with Crippen LogP contribution < -0.4 is 0 Å². The summed E-state index contributed by atoms with van der Waals surface area (Å²) in [6.45, 7) is 26.6. The second kappa shape index (κ2) is 12.1. The van der Waals surface area contributed by atoms with Gasteiger partial charge in [0.05, 0.1) is 24.2 Å². The van der Waals surface area contributed by atoms with Crippen molar-refractivity contribution in [3.05, 3.63) is 24.3 Å². The number of rotatable bonds is 8. The lowest BCUT2D eigenvalue weighted by Gasteiger charge is -2.60. The number of ketones is 1. The molecule has 0 aromatic rings. The van der Waals surface area contributed by atoms with E-state index in [1.807, 2.05) is 6.92 Å². The van der Waals surface area contributed by atoms with Gasteiger partial charge in [0.25, 0.3) is 0 Å². The summed E-state index contributed by atoms with van der Waals surface area (Å²) in [6.07, 6.45) is 6.12. The Labute approximate surface area is 250 Å². The van der Waals surface area contributed by atoms with Crippen molar-refractivity contribution in [3.63, 3.8) is 0 Å². The zero-order chi connectivity index (χ0) is 31.2. The van der Waals surface area contributed by atoms with Gasteiger partial charge >= 0.3 is 5.97 Å². The third kappa shape index (κ3) is 6.70. The van der Waals surface area contributed by atoms with E-state index >= 15 is 0 Å². The summed E-state index contributed by atoms with van der Waals surface area (Å²) in [7, 11) is -4.67. The number of aliphatic hydroxyl groups is 1. The van der Waals surface area contributed by atoms with Crippen molar-refractivity contribution in [2.45, 2.75) is 136 Å². The smallest absolute Gasteiger partial charge is 0.313 e. The van der Waals surface area contributed by atoms with Crippen molar-refractivity contribution in [2.75, 3.05) is 6.61 Å². The van der Waals surface area contributed by atoms with Gasteiger partial charge in [-0.15, -0.1) is 0 Å². The Bertz CT molecular complexity index is 1020. The molecule has 0 saturated heterocycles. The maximum Gasteiger partial charge on any atom is 0.313 e. The highest BCUT2D eigenvalue weighted by molar-refractivity contribution is 6.74. The number of hydrogen-bond donors (Lipinski definition) is 1. The predicted molar refractivity (Wildman–Crippen MR) is 167 cm³/mol. The van der Waals surface area contributed by atoms with Crippen LogP contribution in [0, 0.1) is 23.2 Å². The summed E-state index contributed by atoms with van der Waals surface area (Å²) in [5.74, 6) is -1.03. The monoisotopic (exact) mass is 608 g/mol. The average Bonchev–Trinajstić information content (AvgIpc) is 2.84. The number of carbonyl (C=O) groups is 2. The minimum Gasteiger partial charge on any atom is -0.466 e. The molecule has 8 atom stereocenters. The molecule has 0 bridgehead atoms. The van der Waals surface area contributed by atoms with Crippen LogP contribution in [0.25, 0.3) is 0 Å². The molecule has 1 fully saturated rings. The second-order valence-corrected chi connectivity index (χ2v) is 24.9. The molecule has 0 spiro atoms. The largest absolute Gasteiger partial charge is 0.466 e. The van der Waals surface area contributed by atoms with Crippen molar-refractivity contribution < 1.29 is 33.0 Å². The SMILES string of the molecule is CCOC(=O)[C@@]12CCC=C[C@@H]1[C@H](CC1OC(O)C=CC1=O)[C@H](O[Si](C)(C)C(C)(C)C)[C@H](O[Si](C)(C)C(C)(C)C)[C@H]2C. The van der Waals surface area contributed by atoms with E-state index in [1.165, 1.54) is 12.2 Å². The van der Waals surface area contributed by atoms with Gasteiger partial charge in [0.2, 0.25) is 0 Å². The summed E-state index contributed by atoms with van der Waals surface area (Å²) in [6, 6.07) is 0. The summed E-state index contributed by atoms with van der Waals surface area (Å²) < 4.78 is 26.3. The van der Waals surface area contributed by atoms with Gasteiger partial charge in [-0.2, -0.15) is 0 Å². The minimum absolute atomic E-state index is 0.0541. The molecule has 0 aromatic heterocycles. The van der Waals surface area contributed by atoms with Crippen LogP contribution in [0.2, 0.25) is 36.3 Å². The topological polar surface area (TPSA) is 91.3 Å². The van der Waals surface area contributed by atoms with E-state index in [4.69, 9.17) is 18.3 Å². The van der Waals surface area contributed by atoms with E-state index in [0.29, 0.717) is 19.4 Å². The highest BCUT2D eigenvalue weighted by Crippen LogP contribution is 2.59. The van der Waals surface area contributed by atoms with E-state index in [-0.39, 0.29) is 51.8 Å². The molecular weight excluding hydrogens is 553 g/mol. The molecule has 1 heterocycles. The van der Waals surface area contributed by atoms with Crippen LogP contribution in [0.4, 0.5) is 0 Å². The van der Waals surface area contributed by atoms with Gasteiger partial charge in [-0.3, -0.25) is 9.59 Å². The normalized spacial score (nSPS) is 34.9. The van der Waals surface area contributed by atoms with Crippen molar-refractivity contribution in [2.24, 2.45) is 23.2 Å². The molecule has 7 nitrogen and oxygen atoms in total. The van der Waals surface area contributed by atoms with Gasteiger partial charge in [-0.05, 0) is 86.4 Å². The standard InChI is InChI=1S/C32H56O7Si2/c1-13-36-29(35)32-19-15-14-16-23(32)22(20-25-24(33)17-18-26(34)37-25)28(39-41(11,12)31(6,7)8)27(21(32)2)38-40(9,10)30(3,4)5/h14,16-18,21-23,25-28,34H,13,15,19-20H2,1-12H3/t21-,22+,23-,25?,26?,27-,28+,32-/m1/s1. The molecule has 3 aliphatic rings. The number of ether oxygens (including phenoxy) is 2. The third-order valence-corrected chi connectivity index (χ3v) is 19.8.